The summed E-state index contributed by atoms with van der Waals surface area (Å²) in [5.74, 6) is 0.0716. The summed E-state index contributed by atoms with van der Waals surface area (Å²) >= 11 is 1.69. The van der Waals surface area contributed by atoms with Crippen LogP contribution in [0.4, 0.5) is 0 Å². The summed E-state index contributed by atoms with van der Waals surface area (Å²) in [6, 6.07) is 8.27. The third kappa shape index (κ3) is 3.55. The lowest BCUT2D eigenvalue weighted by Gasteiger charge is -2.22. The molecule has 108 valence electrons. The highest BCUT2D eigenvalue weighted by atomic mass is 32.1. The van der Waals surface area contributed by atoms with Crippen LogP contribution in [-0.4, -0.2) is 35.9 Å². The summed E-state index contributed by atoms with van der Waals surface area (Å²) in [6.07, 6.45) is 0.961. The molecule has 0 aliphatic heterocycles. The van der Waals surface area contributed by atoms with Gasteiger partial charge in [-0.1, -0.05) is 19.1 Å². The first-order valence-electron chi connectivity index (χ1n) is 6.94. The van der Waals surface area contributed by atoms with Crippen LogP contribution in [-0.2, 0) is 4.79 Å². The smallest absolute Gasteiger partial charge is 0.234 e. The normalized spacial score (nSPS) is 12.8. The van der Waals surface area contributed by atoms with Crippen molar-refractivity contribution in [3.8, 4) is 0 Å². The van der Waals surface area contributed by atoms with E-state index in [1.54, 1.807) is 11.3 Å². The molecule has 1 N–H and O–H groups in total. The number of carbonyl (C=O) groups is 1. The van der Waals surface area contributed by atoms with Gasteiger partial charge in [-0.15, -0.1) is 11.3 Å². The lowest BCUT2D eigenvalue weighted by atomic mass is 10.3. The molecule has 0 radical (unpaired) electrons. The van der Waals surface area contributed by atoms with E-state index >= 15 is 0 Å². The van der Waals surface area contributed by atoms with E-state index in [-0.39, 0.29) is 11.9 Å². The second kappa shape index (κ2) is 6.81. The van der Waals surface area contributed by atoms with Crippen molar-refractivity contribution in [2.45, 2.75) is 26.3 Å². The van der Waals surface area contributed by atoms with Gasteiger partial charge in [-0.25, -0.2) is 4.98 Å². The highest BCUT2D eigenvalue weighted by molar-refractivity contribution is 7.18. The fourth-order valence-electron chi connectivity index (χ4n) is 1.94. The van der Waals surface area contributed by atoms with Crippen LogP contribution in [0.3, 0.4) is 0 Å². The van der Waals surface area contributed by atoms with E-state index in [9.17, 15) is 4.79 Å². The predicted octanol–water partition coefficient (Wildman–Crippen LogP) is 2.82. The quantitative estimate of drug-likeness (QED) is 0.890. The molecule has 2 aromatic rings. The van der Waals surface area contributed by atoms with Gasteiger partial charge in [-0.3, -0.25) is 9.69 Å². The van der Waals surface area contributed by atoms with Crippen molar-refractivity contribution in [2.75, 3.05) is 20.1 Å². The molecule has 5 heteroatoms. The van der Waals surface area contributed by atoms with E-state index in [1.165, 1.54) is 4.70 Å². The molecule has 1 amide bonds. The molecule has 1 aromatic heterocycles. The van der Waals surface area contributed by atoms with Gasteiger partial charge in [-0.05, 0) is 32.5 Å². The minimum atomic E-state index is 0.0716. The van der Waals surface area contributed by atoms with Crippen molar-refractivity contribution in [1.82, 2.24) is 15.2 Å². The van der Waals surface area contributed by atoms with E-state index < -0.39 is 0 Å². The fraction of sp³-hybridized carbons (Fsp3) is 0.467. The summed E-state index contributed by atoms with van der Waals surface area (Å²) in [5, 5.41) is 3.95. The topological polar surface area (TPSA) is 45.2 Å². The molecular weight excluding hydrogens is 270 g/mol. The van der Waals surface area contributed by atoms with Crippen molar-refractivity contribution >= 4 is 27.5 Å². The van der Waals surface area contributed by atoms with Gasteiger partial charge >= 0.3 is 0 Å². The molecule has 0 bridgehead atoms. The van der Waals surface area contributed by atoms with Crippen LogP contribution in [0, 0.1) is 0 Å². The van der Waals surface area contributed by atoms with Crippen molar-refractivity contribution in [3.05, 3.63) is 29.3 Å². The molecule has 0 aliphatic carbocycles. The summed E-state index contributed by atoms with van der Waals surface area (Å²) in [4.78, 5) is 18.4. The molecule has 4 nitrogen and oxygen atoms in total. The SMILES string of the molecule is CCCNC(=O)CN(C)[C@H](C)c1nc2ccccc2s1. The zero-order valence-corrected chi connectivity index (χ0v) is 13.0. The number of benzene rings is 1. The first-order valence-corrected chi connectivity index (χ1v) is 7.76. The standard InChI is InChI=1S/C15H21N3OS/c1-4-9-16-14(19)10-18(3)11(2)15-17-12-7-5-6-8-13(12)20-15/h5-8,11H,4,9-10H2,1-3H3,(H,16,19)/t11-/m1/s1. The number of rotatable bonds is 6. The van der Waals surface area contributed by atoms with Gasteiger partial charge in [0.05, 0.1) is 22.8 Å². The lowest BCUT2D eigenvalue weighted by molar-refractivity contribution is -0.122. The minimum absolute atomic E-state index is 0.0716. The third-order valence-corrected chi connectivity index (χ3v) is 4.50. The molecular formula is C15H21N3OS. The first kappa shape index (κ1) is 14.9. The van der Waals surface area contributed by atoms with Gasteiger partial charge in [0.1, 0.15) is 5.01 Å². The summed E-state index contributed by atoms with van der Waals surface area (Å²) < 4.78 is 1.19. The van der Waals surface area contributed by atoms with Gasteiger partial charge in [-0.2, -0.15) is 0 Å². The molecule has 0 saturated heterocycles. The summed E-state index contributed by atoms with van der Waals surface area (Å²) in [6.45, 7) is 5.28. The summed E-state index contributed by atoms with van der Waals surface area (Å²) in [7, 11) is 1.96. The number of para-hydroxylation sites is 1. The molecule has 0 unspecified atom stereocenters. The van der Waals surface area contributed by atoms with Crippen molar-refractivity contribution in [2.24, 2.45) is 0 Å². The van der Waals surface area contributed by atoms with Crippen LogP contribution >= 0.6 is 11.3 Å². The Morgan fingerprint density at radius 3 is 2.90 bits per heavy atom. The highest BCUT2D eigenvalue weighted by Gasteiger charge is 2.18. The van der Waals surface area contributed by atoms with Crippen LogP contribution in [0.2, 0.25) is 0 Å². The number of nitrogens with zero attached hydrogens (tertiary/aromatic N) is 2. The van der Waals surface area contributed by atoms with E-state index in [0.29, 0.717) is 6.54 Å². The average Bonchev–Trinajstić information content (AvgIpc) is 2.87. The number of nitrogens with one attached hydrogen (secondary N) is 1. The Labute approximate surface area is 123 Å². The summed E-state index contributed by atoms with van der Waals surface area (Å²) in [5.41, 5.74) is 1.03. The Morgan fingerprint density at radius 1 is 1.45 bits per heavy atom. The Morgan fingerprint density at radius 2 is 2.20 bits per heavy atom. The maximum atomic E-state index is 11.8. The zero-order valence-electron chi connectivity index (χ0n) is 12.2. The van der Waals surface area contributed by atoms with Gasteiger partial charge in [0, 0.05) is 6.54 Å². The molecule has 1 heterocycles. The predicted molar refractivity (Wildman–Crippen MR) is 84.0 cm³/mol. The monoisotopic (exact) mass is 291 g/mol. The fourth-order valence-corrected chi connectivity index (χ4v) is 3.03. The van der Waals surface area contributed by atoms with Crippen LogP contribution in [0.1, 0.15) is 31.3 Å². The van der Waals surface area contributed by atoms with Gasteiger partial charge in [0.2, 0.25) is 5.91 Å². The maximum Gasteiger partial charge on any atom is 0.234 e. The molecule has 20 heavy (non-hydrogen) atoms. The van der Waals surface area contributed by atoms with Crippen molar-refractivity contribution < 1.29 is 4.79 Å². The first-order chi connectivity index (χ1) is 9.61. The average molecular weight is 291 g/mol. The number of thiazole rings is 1. The molecule has 1 atom stereocenters. The van der Waals surface area contributed by atoms with Crippen molar-refractivity contribution in [1.29, 1.82) is 0 Å². The molecule has 0 fully saturated rings. The number of likely N-dealkylation sites (N-methyl/N-ethyl adjacent to an activating group) is 1. The second-order valence-electron chi connectivity index (χ2n) is 4.96. The van der Waals surface area contributed by atoms with Crippen molar-refractivity contribution in [3.63, 3.8) is 0 Å². The Balaban J connectivity index is 2.02. The highest BCUT2D eigenvalue weighted by Crippen LogP contribution is 2.28. The largest absolute Gasteiger partial charge is 0.355 e. The van der Waals surface area contributed by atoms with Crippen LogP contribution in [0.15, 0.2) is 24.3 Å². The van der Waals surface area contributed by atoms with Crippen LogP contribution in [0.5, 0.6) is 0 Å². The number of amides is 1. The Bertz CT molecular complexity index is 548. The molecule has 2 rings (SSSR count). The lowest BCUT2D eigenvalue weighted by Crippen LogP contribution is -2.36. The number of hydrogen-bond acceptors (Lipinski definition) is 4. The number of carbonyl (C=O) groups excluding carboxylic acids is 1. The van der Waals surface area contributed by atoms with E-state index in [4.69, 9.17) is 0 Å². The molecule has 0 spiro atoms. The Kier molecular flexibility index (Phi) is 5.09. The number of fused-ring (bicyclic) bond motifs is 1. The molecule has 0 aliphatic rings. The van der Waals surface area contributed by atoms with Crippen LogP contribution < -0.4 is 5.32 Å². The minimum Gasteiger partial charge on any atom is -0.355 e. The van der Waals surface area contributed by atoms with Gasteiger partial charge in [0.15, 0.2) is 0 Å². The van der Waals surface area contributed by atoms with Gasteiger partial charge in [0.25, 0.3) is 0 Å². The molecule has 0 saturated carbocycles. The third-order valence-electron chi connectivity index (χ3n) is 3.29. The van der Waals surface area contributed by atoms with E-state index in [1.807, 2.05) is 37.1 Å². The van der Waals surface area contributed by atoms with E-state index in [0.717, 1.165) is 23.5 Å². The van der Waals surface area contributed by atoms with Crippen LogP contribution in [0.25, 0.3) is 10.2 Å². The van der Waals surface area contributed by atoms with E-state index in [2.05, 4.69) is 23.3 Å². The zero-order chi connectivity index (χ0) is 14.5. The molecule has 1 aromatic carbocycles. The maximum absolute atomic E-state index is 11.8. The number of aromatic nitrogens is 1. The van der Waals surface area contributed by atoms with Gasteiger partial charge < -0.3 is 5.32 Å². The number of hydrogen-bond donors (Lipinski definition) is 1. The Hall–Kier alpha value is -1.46. The second-order valence-corrected chi connectivity index (χ2v) is 6.02.